The minimum Gasteiger partial charge on any atom is -0.382 e. The average Bonchev–Trinajstić information content (AvgIpc) is 3.20. The first kappa shape index (κ1) is 20.0. The highest BCUT2D eigenvalue weighted by Crippen LogP contribution is 2.37. The van der Waals surface area contributed by atoms with Gasteiger partial charge in [-0.3, -0.25) is 5.01 Å². The summed E-state index contributed by atoms with van der Waals surface area (Å²) in [7, 11) is 1.74. The van der Waals surface area contributed by atoms with E-state index in [1.165, 1.54) is 0 Å². The van der Waals surface area contributed by atoms with E-state index < -0.39 is 11.4 Å². The van der Waals surface area contributed by atoms with E-state index in [2.05, 4.69) is 18.9 Å². The lowest BCUT2D eigenvalue weighted by molar-refractivity contribution is -0.282. The topological polar surface area (TPSA) is 61.8 Å². The third-order valence-corrected chi connectivity index (χ3v) is 5.35. The SMILES string of the molecule is COC[C@H]1CCCN1/N=C1\[C@@H](C)OC(C)(C)O[C@]1(C)CCC1OCCO1. The molecule has 0 radical (unpaired) electrons. The quantitative estimate of drug-likeness (QED) is 0.716. The molecule has 0 aromatic heterocycles. The van der Waals surface area contributed by atoms with Crippen molar-refractivity contribution < 1.29 is 23.7 Å². The Bertz CT molecular complexity index is 506. The van der Waals surface area contributed by atoms with Crippen LogP contribution in [-0.4, -0.2) is 74.0 Å². The van der Waals surface area contributed by atoms with Crippen molar-refractivity contribution in [1.82, 2.24) is 5.01 Å². The summed E-state index contributed by atoms with van der Waals surface area (Å²) >= 11 is 0. The number of hydrazone groups is 1. The van der Waals surface area contributed by atoms with Crippen molar-refractivity contribution in [2.75, 3.05) is 33.5 Å². The number of hydrogen-bond donors (Lipinski definition) is 0. The molecule has 3 fully saturated rings. The zero-order chi connectivity index (χ0) is 18.8. The van der Waals surface area contributed by atoms with Gasteiger partial charge in [0.05, 0.1) is 31.6 Å². The number of hydrogen-bond acceptors (Lipinski definition) is 7. The lowest BCUT2D eigenvalue weighted by atomic mass is 9.88. The molecule has 0 aromatic carbocycles. The maximum atomic E-state index is 6.39. The molecular weight excluding hydrogens is 336 g/mol. The molecule has 0 aromatic rings. The van der Waals surface area contributed by atoms with Crippen molar-refractivity contribution in [3.05, 3.63) is 0 Å². The molecule has 3 saturated heterocycles. The molecule has 150 valence electrons. The Balaban J connectivity index is 1.79. The third-order valence-electron chi connectivity index (χ3n) is 5.35. The van der Waals surface area contributed by atoms with Crippen LogP contribution in [0.4, 0.5) is 0 Å². The lowest BCUT2D eigenvalue weighted by Crippen LogP contribution is -2.58. The first-order chi connectivity index (χ1) is 12.3. The summed E-state index contributed by atoms with van der Waals surface area (Å²) in [6.07, 6.45) is 3.53. The second kappa shape index (κ2) is 8.10. The van der Waals surface area contributed by atoms with E-state index >= 15 is 0 Å². The summed E-state index contributed by atoms with van der Waals surface area (Å²) in [6, 6.07) is 0.320. The molecule has 0 saturated carbocycles. The molecule has 26 heavy (non-hydrogen) atoms. The molecule has 3 atom stereocenters. The molecular formula is C19H34N2O5. The van der Waals surface area contributed by atoms with E-state index in [9.17, 15) is 0 Å². The van der Waals surface area contributed by atoms with Gasteiger partial charge in [-0.05, 0) is 47.0 Å². The molecule has 3 rings (SSSR count). The van der Waals surface area contributed by atoms with Gasteiger partial charge in [0, 0.05) is 20.1 Å². The third kappa shape index (κ3) is 4.57. The van der Waals surface area contributed by atoms with Crippen LogP contribution in [-0.2, 0) is 23.7 Å². The van der Waals surface area contributed by atoms with E-state index in [-0.39, 0.29) is 12.4 Å². The van der Waals surface area contributed by atoms with Crippen LogP contribution in [0.3, 0.4) is 0 Å². The fourth-order valence-electron chi connectivity index (χ4n) is 4.32. The second-order valence-corrected chi connectivity index (χ2v) is 8.10. The van der Waals surface area contributed by atoms with Gasteiger partial charge in [0.1, 0.15) is 11.7 Å². The van der Waals surface area contributed by atoms with Gasteiger partial charge in [0.2, 0.25) is 0 Å². The van der Waals surface area contributed by atoms with Crippen LogP contribution < -0.4 is 0 Å². The molecule has 7 heteroatoms. The van der Waals surface area contributed by atoms with E-state index in [1.54, 1.807) is 7.11 Å². The Morgan fingerprint density at radius 2 is 1.96 bits per heavy atom. The largest absolute Gasteiger partial charge is 0.382 e. The number of rotatable bonds is 6. The minimum atomic E-state index is -0.651. The highest BCUT2D eigenvalue weighted by molar-refractivity contribution is 5.96. The van der Waals surface area contributed by atoms with Gasteiger partial charge in [-0.2, -0.15) is 5.10 Å². The van der Waals surface area contributed by atoms with Crippen molar-refractivity contribution in [2.24, 2.45) is 5.10 Å². The summed E-state index contributed by atoms with van der Waals surface area (Å²) in [4.78, 5) is 0. The molecule has 0 bridgehead atoms. The van der Waals surface area contributed by atoms with Crippen LogP contribution in [0.25, 0.3) is 0 Å². The summed E-state index contributed by atoms with van der Waals surface area (Å²) in [5, 5.41) is 7.17. The van der Waals surface area contributed by atoms with Crippen LogP contribution in [0.15, 0.2) is 5.10 Å². The van der Waals surface area contributed by atoms with Gasteiger partial charge in [0.15, 0.2) is 12.1 Å². The molecule has 0 amide bonds. The number of ether oxygens (including phenoxy) is 5. The summed E-state index contributed by atoms with van der Waals surface area (Å²) < 4.78 is 29.1. The highest BCUT2D eigenvalue weighted by Gasteiger charge is 2.47. The van der Waals surface area contributed by atoms with Crippen LogP contribution in [0.1, 0.15) is 53.4 Å². The zero-order valence-electron chi connectivity index (χ0n) is 16.8. The predicted octanol–water partition coefficient (Wildman–Crippen LogP) is 2.54. The van der Waals surface area contributed by atoms with E-state index in [0.29, 0.717) is 25.9 Å². The monoisotopic (exact) mass is 370 g/mol. The zero-order valence-corrected chi connectivity index (χ0v) is 16.8. The van der Waals surface area contributed by atoms with Gasteiger partial charge in [-0.15, -0.1) is 0 Å². The molecule has 0 N–H and O–H groups in total. The van der Waals surface area contributed by atoms with Gasteiger partial charge in [-0.1, -0.05) is 0 Å². The Morgan fingerprint density at radius 1 is 1.23 bits per heavy atom. The minimum absolute atomic E-state index is 0.113. The summed E-state index contributed by atoms with van der Waals surface area (Å²) in [5.74, 6) is -0.651. The highest BCUT2D eigenvalue weighted by atomic mass is 16.7. The molecule has 0 aliphatic carbocycles. The van der Waals surface area contributed by atoms with E-state index in [1.807, 2.05) is 13.8 Å². The standard InChI is InChI=1S/C19H34N2O5/c1-14-17(20-21-10-6-7-15(21)13-22-5)19(4,26-18(2,3)25-14)9-8-16-23-11-12-24-16/h14-16H,6-13H2,1-5H3/b20-17+/t14-,15-,19-/m1/s1. The van der Waals surface area contributed by atoms with Gasteiger partial charge in [0.25, 0.3) is 0 Å². The molecule has 3 aliphatic rings. The van der Waals surface area contributed by atoms with Crippen LogP contribution in [0.2, 0.25) is 0 Å². The van der Waals surface area contributed by atoms with Crippen LogP contribution in [0.5, 0.6) is 0 Å². The predicted molar refractivity (Wildman–Crippen MR) is 98.1 cm³/mol. The normalized spacial score (nSPS) is 37.0. The first-order valence-electron chi connectivity index (χ1n) is 9.79. The van der Waals surface area contributed by atoms with Gasteiger partial charge in [-0.25, -0.2) is 0 Å². The maximum absolute atomic E-state index is 6.39. The Labute approximate surface area is 156 Å². The number of nitrogens with zero attached hydrogens (tertiary/aromatic N) is 2. The summed E-state index contributed by atoms with van der Waals surface area (Å²) in [6.45, 7) is 11.1. The van der Waals surface area contributed by atoms with Gasteiger partial charge >= 0.3 is 0 Å². The van der Waals surface area contributed by atoms with E-state index in [0.717, 1.165) is 37.9 Å². The van der Waals surface area contributed by atoms with Crippen molar-refractivity contribution in [2.45, 2.75) is 83.2 Å². The molecule has 3 aliphatic heterocycles. The Kier molecular flexibility index (Phi) is 6.24. The Hall–Kier alpha value is -0.730. The Morgan fingerprint density at radius 3 is 2.65 bits per heavy atom. The van der Waals surface area contributed by atoms with Crippen molar-refractivity contribution in [1.29, 1.82) is 0 Å². The smallest absolute Gasteiger partial charge is 0.164 e. The van der Waals surface area contributed by atoms with Crippen LogP contribution in [0, 0.1) is 0 Å². The first-order valence-corrected chi connectivity index (χ1v) is 9.79. The van der Waals surface area contributed by atoms with Crippen LogP contribution >= 0.6 is 0 Å². The summed E-state index contributed by atoms with van der Waals surface area (Å²) in [5.41, 5.74) is 0.425. The maximum Gasteiger partial charge on any atom is 0.164 e. The van der Waals surface area contributed by atoms with Crippen molar-refractivity contribution >= 4 is 5.71 Å². The fraction of sp³-hybridized carbons (Fsp3) is 0.947. The molecule has 7 nitrogen and oxygen atoms in total. The van der Waals surface area contributed by atoms with Gasteiger partial charge < -0.3 is 23.7 Å². The molecule has 3 heterocycles. The van der Waals surface area contributed by atoms with Crippen molar-refractivity contribution in [3.8, 4) is 0 Å². The second-order valence-electron chi connectivity index (χ2n) is 8.10. The molecule has 0 unspecified atom stereocenters. The average molecular weight is 370 g/mol. The molecule has 0 spiro atoms. The van der Waals surface area contributed by atoms with Crippen molar-refractivity contribution in [3.63, 3.8) is 0 Å². The number of methoxy groups -OCH3 is 1. The lowest BCUT2D eigenvalue weighted by Gasteiger charge is -2.47. The van der Waals surface area contributed by atoms with E-state index in [4.69, 9.17) is 28.8 Å². The fourth-order valence-corrected chi connectivity index (χ4v) is 4.32.